The van der Waals surface area contributed by atoms with Gasteiger partial charge in [-0.25, -0.2) is 0 Å². The lowest BCUT2D eigenvalue weighted by atomic mass is 9.80. The first-order chi connectivity index (χ1) is 4.70. The molecule has 1 aliphatic rings. The Balaban J connectivity index is 2.19. The smallest absolute Gasteiger partial charge is 0.305 e. The van der Waals surface area contributed by atoms with E-state index in [0.717, 1.165) is 19.3 Å². The van der Waals surface area contributed by atoms with Gasteiger partial charge in [-0.3, -0.25) is 4.79 Å². The molecule has 0 bridgehead atoms. The van der Waals surface area contributed by atoms with Crippen LogP contribution in [-0.2, 0) is 4.79 Å². The first-order valence-corrected chi connectivity index (χ1v) is 3.60. The highest BCUT2D eigenvalue weighted by Crippen LogP contribution is 2.30. The molecule has 0 aliphatic heterocycles. The number of carboxylic acids is 1. The van der Waals surface area contributed by atoms with E-state index in [0.29, 0.717) is 0 Å². The van der Waals surface area contributed by atoms with Gasteiger partial charge in [-0.05, 0) is 18.8 Å². The summed E-state index contributed by atoms with van der Waals surface area (Å²) < 4.78 is 0. The van der Waals surface area contributed by atoms with Crippen molar-refractivity contribution in [3.63, 3.8) is 0 Å². The molecule has 0 unspecified atom stereocenters. The fraction of sp³-hybridized carbons (Fsp3) is 0.857. The zero-order valence-electron chi connectivity index (χ0n) is 5.79. The Morgan fingerprint density at radius 1 is 1.60 bits per heavy atom. The zero-order chi connectivity index (χ0) is 7.56. The third-order valence-corrected chi connectivity index (χ3v) is 2.08. The molecule has 1 saturated carbocycles. The van der Waals surface area contributed by atoms with Crippen LogP contribution < -0.4 is 0 Å². The molecule has 0 spiro atoms. The van der Waals surface area contributed by atoms with Crippen molar-refractivity contribution in [1.29, 1.82) is 0 Å². The van der Waals surface area contributed by atoms with Gasteiger partial charge < -0.3 is 10.2 Å². The molecule has 1 rings (SSSR count). The van der Waals surface area contributed by atoms with Crippen LogP contribution in [-0.4, -0.2) is 22.3 Å². The van der Waals surface area contributed by atoms with E-state index in [4.69, 9.17) is 10.2 Å². The van der Waals surface area contributed by atoms with E-state index in [1.165, 1.54) is 0 Å². The summed E-state index contributed by atoms with van der Waals surface area (Å²) in [5.41, 5.74) is 0. The summed E-state index contributed by atoms with van der Waals surface area (Å²) in [7, 11) is 0. The van der Waals surface area contributed by atoms with Gasteiger partial charge in [-0.2, -0.15) is 0 Å². The SMILES string of the molecule is O=C(O)C[C@H](O)C1CCC1. The highest BCUT2D eigenvalue weighted by Gasteiger charge is 2.26. The van der Waals surface area contributed by atoms with Gasteiger partial charge in [-0.15, -0.1) is 0 Å². The molecule has 0 aromatic carbocycles. The summed E-state index contributed by atoms with van der Waals surface area (Å²) in [4.78, 5) is 10.1. The van der Waals surface area contributed by atoms with E-state index < -0.39 is 12.1 Å². The van der Waals surface area contributed by atoms with Crippen molar-refractivity contribution in [2.24, 2.45) is 5.92 Å². The van der Waals surface area contributed by atoms with Crippen LogP contribution in [0.15, 0.2) is 0 Å². The minimum atomic E-state index is -0.903. The number of aliphatic carboxylic acids is 1. The molecule has 0 radical (unpaired) electrons. The van der Waals surface area contributed by atoms with Gasteiger partial charge in [-0.1, -0.05) is 6.42 Å². The first-order valence-electron chi connectivity index (χ1n) is 3.60. The molecule has 0 aromatic rings. The maximum Gasteiger partial charge on any atom is 0.305 e. The molecule has 1 aliphatic carbocycles. The second-order valence-electron chi connectivity index (χ2n) is 2.86. The maximum atomic E-state index is 10.1. The number of rotatable bonds is 3. The second-order valence-corrected chi connectivity index (χ2v) is 2.86. The average molecular weight is 144 g/mol. The lowest BCUT2D eigenvalue weighted by molar-refractivity contribution is -0.140. The molecule has 1 fully saturated rings. The van der Waals surface area contributed by atoms with Crippen molar-refractivity contribution in [3.8, 4) is 0 Å². The summed E-state index contributed by atoms with van der Waals surface area (Å²) in [6.45, 7) is 0. The van der Waals surface area contributed by atoms with Crippen LogP contribution in [0.1, 0.15) is 25.7 Å². The van der Waals surface area contributed by atoms with Gasteiger partial charge in [0.2, 0.25) is 0 Å². The van der Waals surface area contributed by atoms with Crippen molar-refractivity contribution in [1.82, 2.24) is 0 Å². The molecule has 0 amide bonds. The number of aliphatic hydroxyl groups is 1. The molecule has 1 atom stereocenters. The highest BCUT2D eigenvalue weighted by molar-refractivity contribution is 5.67. The Kier molecular flexibility index (Phi) is 2.27. The standard InChI is InChI=1S/C7H12O3/c8-6(4-7(9)10)5-2-1-3-5/h5-6,8H,1-4H2,(H,9,10)/t6-/m0/s1. The van der Waals surface area contributed by atoms with Crippen molar-refractivity contribution in [2.75, 3.05) is 0 Å². The summed E-state index contributed by atoms with van der Waals surface area (Å²) >= 11 is 0. The van der Waals surface area contributed by atoms with E-state index in [1.54, 1.807) is 0 Å². The van der Waals surface area contributed by atoms with Crippen LogP contribution >= 0.6 is 0 Å². The third kappa shape index (κ3) is 1.70. The molecular formula is C7H12O3. The largest absolute Gasteiger partial charge is 0.481 e. The third-order valence-electron chi connectivity index (χ3n) is 2.08. The topological polar surface area (TPSA) is 57.5 Å². The molecule has 58 valence electrons. The predicted molar refractivity (Wildman–Crippen MR) is 35.6 cm³/mol. The van der Waals surface area contributed by atoms with Gasteiger partial charge >= 0.3 is 5.97 Å². The van der Waals surface area contributed by atoms with Crippen LogP contribution in [0.4, 0.5) is 0 Å². The Hall–Kier alpha value is -0.570. The van der Waals surface area contributed by atoms with Crippen LogP contribution in [0.2, 0.25) is 0 Å². The lowest BCUT2D eigenvalue weighted by Crippen LogP contribution is -2.28. The van der Waals surface area contributed by atoms with Crippen molar-refractivity contribution >= 4 is 5.97 Å². The molecule has 0 aromatic heterocycles. The van der Waals surface area contributed by atoms with Crippen LogP contribution in [0.3, 0.4) is 0 Å². The lowest BCUT2D eigenvalue weighted by Gasteiger charge is -2.29. The normalized spacial score (nSPS) is 21.7. The average Bonchev–Trinajstić information content (AvgIpc) is 1.55. The van der Waals surface area contributed by atoms with Crippen LogP contribution in [0.5, 0.6) is 0 Å². The molecule has 10 heavy (non-hydrogen) atoms. The number of hydrogen-bond donors (Lipinski definition) is 2. The summed E-state index contributed by atoms with van der Waals surface area (Å²) in [5, 5.41) is 17.5. The van der Waals surface area contributed by atoms with Crippen LogP contribution in [0.25, 0.3) is 0 Å². The van der Waals surface area contributed by atoms with Gasteiger partial charge in [0.05, 0.1) is 12.5 Å². The number of aliphatic hydroxyl groups excluding tert-OH is 1. The number of carboxylic acid groups (broad SMARTS) is 1. The molecule has 0 saturated heterocycles. The fourth-order valence-corrected chi connectivity index (χ4v) is 1.17. The quantitative estimate of drug-likeness (QED) is 0.610. The monoisotopic (exact) mass is 144 g/mol. The van der Waals surface area contributed by atoms with Gasteiger partial charge in [0.1, 0.15) is 0 Å². The van der Waals surface area contributed by atoms with Crippen LogP contribution in [0, 0.1) is 5.92 Å². The molecule has 2 N–H and O–H groups in total. The van der Waals surface area contributed by atoms with E-state index >= 15 is 0 Å². The van der Waals surface area contributed by atoms with Crippen molar-refractivity contribution in [3.05, 3.63) is 0 Å². The summed E-state index contributed by atoms with van der Waals surface area (Å²) in [6, 6.07) is 0. The summed E-state index contributed by atoms with van der Waals surface area (Å²) in [6.07, 6.45) is 2.43. The van der Waals surface area contributed by atoms with Gasteiger partial charge in [0.25, 0.3) is 0 Å². The second kappa shape index (κ2) is 3.01. The molecular weight excluding hydrogens is 132 g/mol. The number of hydrogen-bond acceptors (Lipinski definition) is 2. The predicted octanol–water partition coefficient (Wildman–Crippen LogP) is 0.622. The van der Waals surface area contributed by atoms with Gasteiger partial charge in [0.15, 0.2) is 0 Å². The van der Waals surface area contributed by atoms with E-state index in [2.05, 4.69) is 0 Å². The Labute approximate surface area is 59.7 Å². The van der Waals surface area contributed by atoms with E-state index in [9.17, 15) is 4.79 Å². The van der Waals surface area contributed by atoms with Crippen molar-refractivity contribution < 1.29 is 15.0 Å². The minimum Gasteiger partial charge on any atom is -0.481 e. The molecule has 3 nitrogen and oxygen atoms in total. The summed E-state index contributed by atoms with van der Waals surface area (Å²) in [5.74, 6) is -0.643. The van der Waals surface area contributed by atoms with E-state index in [1.807, 2.05) is 0 Å². The fourth-order valence-electron chi connectivity index (χ4n) is 1.17. The Bertz CT molecular complexity index is 129. The van der Waals surface area contributed by atoms with Crippen molar-refractivity contribution in [2.45, 2.75) is 31.8 Å². The zero-order valence-corrected chi connectivity index (χ0v) is 5.79. The maximum absolute atomic E-state index is 10.1. The number of carbonyl (C=O) groups is 1. The minimum absolute atomic E-state index is 0.0926. The Morgan fingerprint density at radius 2 is 2.20 bits per heavy atom. The molecule has 3 heteroatoms. The van der Waals surface area contributed by atoms with E-state index in [-0.39, 0.29) is 12.3 Å². The first kappa shape index (κ1) is 7.54. The molecule has 0 heterocycles. The van der Waals surface area contributed by atoms with Gasteiger partial charge in [0, 0.05) is 0 Å². The Morgan fingerprint density at radius 3 is 2.50 bits per heavy atom. The highest BCUT2D eigenvalue weighted by atomic mass is 16.4.